The van der Waals surface area contributed by atoms with E-state index in [0.29, 0.717) is 17.1 Å². The van der Waals surface area contributed by atoms with Crippen LogP contribution in [-0.2, 0) is 4.79 Å². The SMILES string of the molecule is CCCCC(=O)Nc1cnccc1Cl. The van der Waals surface area contributed by atoms with Crippen molar-refractivity contribution < 1.29 is 4.79 Å². The minimum atomic E-state index is -0.0123. The number of hydrogen-bond acceptors (Lipinski definition) is 2. The van der Waals surface area contributed by atoms with Crippen molar-refractivity contribution in [3.63, 3.8) is 0 Å². The van der Waals surface area contributed by atoms with Crippen LogP contribution in [0, 0.1) is 0 Å². The summed E-state index contributed by atoms with van der Waals surface area (Å²) in [6.07, 6.45) is 5.57. The minimum Gasteiger partial charge on any atom is -0.324 e. The lowest BCUT2D eigenvalue weighted by Crippen LogP contribution is -2.11. The van der Waals surface area contributed by atoms with Gasteiger partial charge in [-0.3, -0.25) is 9.78 Å². The van der Waals surface area contributed by atoms with Gasteiger partial charge in [0.25, 0.3) is 0 Å². The number of hydrogen-bond donors (Lipinski definition) is 1. The summed E-state index contributed by atoms with van der Waals surface area (Å²) in [5, 5.41) is 3.23. The molecule has 0 aliphatic carbocycles. The molecule has 1 aromatic heterocycles. The lowest BCUT2D eigenvalue weighted by atomic mass is 10.2. The highest BCUT2D eigenvalue weighted by atomic mass is 35.5. The number of carbonyl (C=O) groups excluding carboxylic acids is 1. The second kappa shape index (κ2) is 5.60. The van der Waals surface area contributed by atoms with E-state index in [1.165, 1.54) is 0 Å². The number of unbranched alkanes of at least 4 members (excludes halogenated alkanes) is 1. The zero-order valence-corrected chi connectivity index (χ0v) is 8.84. The van der Waals surface area contributed by atoms with Gasteiger partial charge in [-0.1, -0.05) is 24.9 Å². The number of rotatable bonds is 4. The topological polar surface area (TPSA) is 42.0 Å². The third-order valence-electron chi connectivity index (χ3n) is 1.80. The molecule has 4 heteroatoms. The zero-order valence-electron chi connectivity index (χ0n) is 8.09. The van der Waals surface area contributed by atoms with E-state index in [2.05, 4.69) is 10.3 Å². The van der Waals surface area contributed by atoms with Crippen molar-refractivity contribution in [3.8, 4) is 0 Å². The fourth-order valence-corrected chi connectivity index (χ4v) is 1.17. The molecule has 1 heterocycles. The molecule has 0 radical (unpaired) electrons. The first-order valence-electron chi connectivity index (χ1n) is 4.63. The van der Waals surface area contributed by atoms with Gasteiger partial charge >= 0.3 is 0 Å². The summed E-state index contributed by atoms with van der Waals surface area (Å²) in [6.45, 7) is 2.05. The van der Waals surface area contributed by atoms with Crippen molar-refractivity contribution in [2.75, 3.05) is 5.32 Å². The summed E-state index contributed by atoms with van der Waals surface area (Å²) in [5.74, 6) is -0.0123. The first-order valence-corrected chi connectivity index (χ1v) is 5.01. The van der Waals surface area contributed by atoms with Crippen LogP contribution in [0.5, 0.6) is 0 Å². The highest BCUT2D eigenvalue weighted by Gasteiger charge is 2.04. The molecular weight excluding hydrogens is 200 g/mol. The largest absolute Gasteiger partial charge is 0.324 e. The van der Waals surface area contributed by atoms with E-state index in [1.807, 2.05) is 6.92 Å². The average molecular weight is 213 g/mol. The summed E-state index contributed by atoms with van der Waals surface area (Å²) in [6, 6.07) is 1.65. The first-order chi connectivity index (χ1) is 6.74. The second-order valence-corrected chi connectivity index (χ2v) is 3.41. The molecule has 0 aliphatic rings. The fraction of sp³-hybridized carbons (Fsp3) is 0.400. The Kier molecular flexibility index (Phi) is 4.40. The third-order valence-corrected chi connectivity index (χ3v) is 2.13. The fourth-order valence-electron chi connectivity index (χ4n) is 1.02. The summed E-state index contributed by atoms with van der Waals surface area (Å²) in [4.78, 5) is 15.2. The lowest BCUT2D eigenvalue weighted by molar-refractivity contribution is -0.116. The van der Waals surface area contributed by atoms with E-state index >= 15 is 0 Å². The van der Waals surface area contributed by atoms with Gasteiger partial charge in [-0.25, -0.2) is 0 Å². The van der Waals surface area contributed by atoms with Gasteiger partial charge in [0.1, 0.15) is 0 Å². The third kappa shape index (κ3) is 3.34. The molecule has 0 saturated carbocycles. The van der Waals surface area contributed by atoms with E-state index in [1.54, 1.807) is 18.5 Å². The van der Waals surface area contributed by atoms with E-state index in [4.69, 9.17) is 11.6 Å². The van der Waals surface area contributed by atoms with E-state index in [0.717, 1.165) is 12.8 Å². The number of carbonyl (C=O) groups is 1. The number of aromatic nitrogens is 1. The predicted octanol–water partition coefficient (Wildman–Crippen LogP) is 2.86. The van der Waals surface area contributed by atoms with Crippen molar-refractivity contribution in [3.05, 3.63) is 23.5 Å². The first kappa shape index (κ1) is 11.0. The van der Waals surface area contributed by atoms with Crippen LogP contribution in [0.25, 0.3) is 0 Å². The smallest absolute Gasteiger partial charge is 0.224 e. The molecule has 0 fully saturated rings. The van der Waals surface area contributed by atoms with Crippen LogP contribution < -0.4 is 5.32 Å². The normalized spacial score (nSPS) is 9.86. The zero-order chi connectivity index (χ0) is 10.4. The summed E-state index contributed by atoms with van der Waals surface area (Å²) in [7, 11) is 0. The molecule has 14 heavy (non-hydrogen) atoms. The molecule has 1 amide bonds. The number of anilines is 1. The van der Waals surface area contributed by atoms with Crippen LogP contribution in [0.4, 0.5) is 5.69 Å². The summed E-state index contributed by atoms with van der Waals surface area (Å²) >= 11 is 5.85. The molecular formula is C10H13ClN2O. The average Bonchev–Trinajstić information content (AvgIpc) is 2.18. The Morgan fingerprint density at radius 1 is 1.64 bits per heavy atom. The van der Waals surface area contributed by atoms with E-state index < -0.39 is 0 Å². The maximum absolute atomic E-state index is 11.3. The van der Waals surface area contributed by atoms with Crippen molar-refractivity contribution in [2.24, 2.45) is 0 Å². The molecule has 3 nitrogen and oxygen atoms in total. The van der Waals surface area contributed by atoms with Crippen molar-refractivity contribution in [1.82, 2.24) is 4.98 Å². The Labute approximate surface area is 88.5 Å². The standard InChI is InChI=1S/C10H13ClN2O/c1-2-3-4-10(14)13-9-7-12-6-5-8(9)11/h5-7H,2-4H2,1H3,(H,13,14). The molecule has 0 saturated heterocycles. The van der Waals surface area contributed by atoms with Gasteiger partial charge in [0.2, 0.25) is 5.91 Å². The van der Waals surface area contributed by atoms with Crippen LogP contribution >= 0.6 is 11.6 Å². The van der Waals surface area contributed by atoms with Gasteiger partial charge in [0.05, 0.1) is 16.9 Å². The van der Waals surface area contributed by atoms with E-state index in [9.17, 15) is 4.79 Å². The van der Waals surface area contributed by atoms with Crippen LogP contribution in [-0.4, -0.2) is 10.9 Å². The van der Waals surface area contributed by atoms with Crippen molar-refractivity contribution >= 4 is 23.2 Å². The molecule has 0 aliphatic heterocycles. The molecule has 0 spiro atoms. The van der Waals surface area contributed by atoms with Gasteiger partial charge < -0.3 is 5.32 Å². The van der Waals surface area contributed by atoms with Gasteiger partial charge in [0.15, 0.2) is 0 Å². The van der Waals surface area contributed by atoms with Crippen molar-refractivity contribution in [2.45, 2.75) is 26.2 Å². The number of nitrogens with zero attached hydrogens (tertiary/aromatic N) is 1. The van der Waals surface area contributed by atoms with Crippen LogP contribution in [0.15, 0.2) is 18.5 Å². The summed E-state index contributed by atoms with van der Waals surface area (Å²) in [5.41, 5.74) is 0.579. The summed E-state index contributed by atoms with van der Waals surface area (Å²) < 4.78 is 0. The van der Waals surface area contributed by atoms with Crippen LogP contribution in [0.1, 0.15) is 26.2 Å². The lowest BCUT2D eigenvalue weighted by Gasteiger charge is -2.05. The van der Waals surface area contributed by atoms with Gasteiger partial charge in [0, 0.05) is 12.6 Å². The molecule has 0 atom stereocenters. The number of halogens is 1. The minimum absolute atomic E-state index is 0.0123. The second-order valence-electron chi connectivity index (χ2n) is 3.01. The Hall–Kier alpha value is -1.09. The maximum Gasteiger partial charge on any atom is 0.224 e. The maximum atomic E-state index is 11.3. The molecule has 0 bridgehead atoms. The molecule has 0 aromatic carbocycles. The highest BCUT2D eigenvalue weighted by Crippen LogP contribution is 2.19. The Morgan fingerprint density at radius 3 is 3.07 bits per heavy atom. The molecule has 0 unspecified atom stereocenters. The van der Waals surface area contributed by atoms with E-state index in [-0.39, 0.29) is 5.91 Å². The van der Waals surface area contributed by atoms with Gasteiger partial charge in [-0.15, -0.1) is 0 Å². The van der Waals surface area contributed by atoms with Crippen LogP contribution in [0.3, 0.4) is 0 Å². The Morgan fingerprint density at radius 2 is 2.43 bits per heavy atom. The molecule has 1 aromatic rings. The predicted molar refractivity (Wildman–Crippen MR) is 57.4 cm³/mol. The number of amides is 1. The van der Waals surface area contributed by atoms with Gasteiger partial charge in [-0.05, 0) is 12.5 Å². The Bertz CT molecular complexity index is 315. The monoisotopic (exact) mass is 212 g/mol. The Balaban J connectivity index is 2.52. The quantitative estimate of drug-likeness (QED) is 0.834. The number of nitrogens with one attached hydrogen (secondary N) is 1. The number of pyridine rings is 1. The van der Waals surface area contributed by atoms with Crippen molar-refractivity contribution in [1.29, 1.82) is 0 Å². The van der Waals surface area contributed by atoms with Gasteiger partial charge in [-0.2, -0.15) is 0 Å². The molecule has 1 rings (SSSR count). The molecule has 76 valence electrons. The van der Waals surface area contributed by atoms with Crippen LogP contribution in [0.2, 0.25) is 5.02 Å². The highest BCUT2D eigenvalue weighted by molar-refractivity contribution is 6.33. The molecule has 1 N–H and O–H groups in total.